The molecule has 0 atom stereocenters. The van der Waals surface area contributed by atoms with E-state index in [4.69, 9.17) is 5.11 Å². The van der Waals surface area contributed by atoms with Crippen LogP contribution in [0, 0.1) is 5.41 Å². The molecule has 64 valence electrons. The summed E-state index contributed by atoms with van der Waals surface area (Å²) in [4.78, 5) is 10.3. The summed E-state index contributed by atoms with van der Waals surface area (Å²) in [5.74, 6) is -0.880. The van der Waals surface area contributed by atoms with Gasteiger partial charge in [0.05, 0.1) is 0 Å². The van der Waals surface area contributed by atoms with Gasteiger partial charge in [0.1, 0.15) is 0 Å². The molecule has 1 N–H and O–H groups in total. The highest BCUT2D eigenvalue weighted by atomic mass is 16.4. The first-order chi connectivity index (χ1) is 4.83. The van der Waals surface area contributed by atoms with Gasteiger partial charge in [-0.1, -0.05) is 27.4 Å². The summed E-state index contributed by atoms with van der Waals surface area (Å²) in [6, 6.07) is 0. The zero-order chi connectivity index (χ0) is 9.07. The second-order valence-electron chi connectivity index (χ2n) is 3.97. The Labute approximate surface area is 67.9 Å². The molecule has 0 amide bonds. The van der Waals surface area contributed by atoms with Crippen molar-refractivity contribution in [2.45, 2.75) is 33.6 Å². The van der Waals surface area contributed by atoms with E-state index in [1.54, 1.807) is 0 Å². The zero-order valence-electron chi connectivity index (χ0n) is 7.48. The van der Waals surface area contributed by atoms with E-state index in [1.807, 2.05) is 0 Å². The van der Waals surface area contributed by atoms with Gasteiger partial charge in [-0.15, -0.1) is 0 Å². The maximum atomic E-state index is 10.3. The van der Waals surface area contributed by atoms with Crippen molar-refractivity contribution >= 4 is 5.97 Å². The molecule has 0 bridgehead atoms. The topological polar surface area (TPSA) is 37.3 Å². The third-order valence-corrected chi connectivity index (χ3v) is 1.48. The lowest BCUT2D eigenvalue weighted by Crippen LogP contribution is -2.07. The Morgan fingerprint density at radius 1 is 1.45 bits per heavy atom. The van der Waals surface area contributed by atoms with Crippen molar-refractivity contribution in [3.63, 3.8) is 0 Å². The lowest BCUT2D eigenvalue weighted by molar-refractivity contribution is -0.132. The van der Waals surface area contributed by atoms with Crippen LogP contribution in [0.3, 0.4) is 0 Å². The average molecular weight is 156 g/mol. The zero-order valence-corrected chi connectivity index (χ0v) is 7.48. The van der Waals surface area contributed by atoms with Crippen molar-refractivity contribution in [1.29, 1.82) is 0 Å². The van der Waals surface area contributed by atoms with E-state index in [-0.39, 0.29) is 5.41 Å². The standard InChI is InChI=1S/C9H16O2/c1-7(8(10)11)5-6-9(2,3)4/h1,5-6H2,2-4H3,(H,10,11). The van der Waals surface area contributed by atoms with Crippen molar-refractivity contribution in [2.75, 3.05) is 0 Å². The van der Waals surface area contributed by atoms with Crippen LogP contribution in [0.2, 0.25) is 0 Å². The van der Waals surface area contributed by atoms with Gasteiger partial charge in [0.2, 0.25) is 0 Å². The number of aliphatic carboxylic acids is 1. The van der Waals surface area contributed by atoms with Crippen LogP contribution in [-0.2, 0) is 4.79 Å². The van der Waals surface area contributed by atoms with Gasteiger partial charge in [0.25, 0.3) is 0 Å². The summed E-state index contributed by atoms with van der Waals surface area (Å²) in [5.41, 5.74) is 0.498. The quantitative estimate of drug-likeness (QED) is 0.637. The Balaban J connectivity index is 3.73. The highest BCUT2D eigenvalue weighted by Crippen LogP contribution is 2.22. The van der Waals surface area contributed by atoms with Crippen molar-refractivity contribution < 1.29 is 9.90 Å². The molecular weight excluding hydrogens is 140 g/mol. The fourth-order valence-corrected chi connectivity index (χ4v) is 0.633. The summed E-state index contributed by atoms with van der Waals surface area (Å²) in [5, 5.41) is 8.48. The van der Waals surface area contributed by atoms with Crippen LogP contribution in [0.5, 0.6) is 0 Å². The van der Waals surface area contributed by atoms with Gasteiger partial charge in [-0.2, -0.15) is 0 Å². The van der Waals surface area contributed by atoms with Crippen molar-refractivity contribution in [3.8, 4) is 0 Å². The first-order valence-corrected chi connectivity index (χ1v) is 3.74. The Morgan fingerprint density at radius 2 is 1.91 bits per heavy atom. The molecule has 0 unspecified atom stereocenters. The molecule has 2 heteroatoms. The Kier molecular flexibility index (Phi) is 3.30. The molecule has 0 heterocycles. The van der Waals surface area contributed by atoms with Crippen LogP contribution in [0.1, 0.15) is 33.6 Å². The molecule has 0 aliphatic carbocycles. The van der Waals surface area contributed by atoms with E-state index >= 15 is 0 Å². The molecule has 0 aliphatic heterocycles. The lowest BCUT2D eigenvalue weighted by atomic mass is 9.89. The Hall–Kier alpha value is -0.790. The highest BCUT2D eigenvalue weighted by molar-refractivity contribution is 5.85. The average Bonchev–Trinajstić information content (AvgIpc) is 1.80. The number of carboxylic acid groups (broad SMARTS) is 1. The molecule has 2 nitrogen and oxygen atoms in total. The molecule has 0 aromatic carbocycles. The van der Waals surface area contributed by atoms with E-state index in [0.717, 1.165) is 6.42 Å². The number of rotatable bonds is 3. The Morgan fingerprint density at radius 3 is 2.18 bits per heavy atom. The highest BCUT2D eigenvalue weighted by Gasteiger charge is 2.12. The van der Waals surface area contributed by atoms with Gasteiger partial charge in [-0.25, -0.2) is 4.79 Å². The van der Waals surface area contributed by atoms with Crippen LogP contribution in [0.15, 0.2) is 12.2 Å². The maximum absolute atomic E-state index is 10.3. The van der Waals surface area contributed by atoms with Crippen molar-refractivity contribution in [1.82, 2.24) is 0 Å². The molecule has 0 aromatic rings. The third-order valence-electron chi connectivity index (χ3n) is 1.48. The molecule has 0 saturated heterocycles. The van der Waals surface area contributed by atoms with E-state index < -0.39 is 5.97 Å². The van der Waals surface area contributed by atoms with Crippen molar-refractivity contribution in [2.24, 2.45) is 5.41 Å². The largest absolute Gasteiger partial charge is 0.478 e. The minimum absolute atomic E-state index is 0.193. The minimum Gasteiger partial charge on any atom is -0.478 e. The summed E-state index contributed by atoms with van der Waals surface area (Å²) < 4.78 is 0. The predicted octanol–water partition coefficient (Wildman–Crippen LogP) is 2.45. The summed E-state index contributed by atoms with van der Waals surface area (Å²) in [7, 11) is 0. The molecule has 0 aliphatic rings. The normalized spacial score (nSPS) is 11.2. The van der Waals surface area contributed by atoms with Gasteiger partial charge in [-0.3, -0.25) is 0 Å². The van der Waals surface area contributed by atoms with E-state index in [1.165, 1.54) is 0 Å². The number of carboxylic acids is 1. The Bertz CT molecular complexity index is 163. The first kappa shape index (κ1) is 10.2. The smallest absolute Gasteiger partial charge is 0.330 e. The number of hydrogen-bond acceptors (Lipinski definition) is 1. The molecular formula is C9H16O2. The fourth-order valence-electron chi connectivity index (χ4n) is 0.633. The summed E-state index contributed by atoms with van der Waals surface area (Å²) in [6.45, 7) is 9.71. The van der Waals surface area contributed by atoms with Gasteiger partial charge >= 0.3 is 5.97 Å². The van der Waals surface area contributed by atoms with Crippen LogP contribution < -0.4 is 0 Å². The van der Waals surface area contributed by atoms with Gasteiger partial charge < -0.3 is 5.11 Å². The monoisotopic (exact) mass is 156 g/mol. The summed E-state index contributed by atoms with van der Waals surface area (Å²) in [6.07, 6.45) is 1.46. The van der Waals surface area contributed by atoms with Gasteiger partial charge in [0.15, 0.2) is 0 Å². The lowest BCUT2D eigenvalue weighted by Gasteiger charge is -2.17. The summed E-state index contributed by atoms with van der Waals surface area (Å²) >= 11 is 0. The van der Waals surface area contributed by atoms with Gasteiger partial charge in [-0.05, 0) is 18.3 Å². The van der Waals surface area contributed by atoms with E-state index in [0.29, 0.717) is 12.0 Å². The predicted molar refractivity (Wildman–Crippen MR) is 45.5 cm³/mol. The van der Waals surface area contributed by atoms with Crippen LogP contribution in [-0.4, -0.2) is 11.1 Å². The molecule has 0 radical (unpaired) electrons. The molecule has 0 spiro atoms. The fraction of sp³-hybridized carbons (Fsp3) is 0.667. The van der Waals surface area contributed by atoms with E-state index in [2.05, 4.69) is 27.4 Å². The number of carbonyl (C=O) groups is 1. The minimum atomic E-state index is -0.880. The maximum Gasteiger partial charge on any atom is 0.330 e. The second kappa shape index (κ2) is 3.56. The van der Waals surface area contributed by atoms with E-state index in [9.17, 15) is 4.79 Å². The van der Waals surface area contributed by atoms with Crippen molar-refractivity contribution in [3.05, 3.63) is 12.2 Å². The third kappa shape index (κ3) is 5.64. The van der Waals surface area contributed by atoms with Crippen LogP contribution >= 0.6 is 0 Å². The van der Waals surface area contributed by atoms with Crippen LogP contribution in [0.25, 0.3) is 0 Å². The molecule has 0 saturated carbocycles. The first-order valence-electron chi connectivity index (χ1n) is 3.74. The van der Waals surface area contributed by atoms with Gasteiger partial charge in [0, 0.05) is 5.57 Å². The SMILES string of the molecule is C=C(CCC(C)(C)C)C(=O)O. The number of hydrogen-bond donors (Lipinski definition) is 1. The molecule has 0 rings (SSSR count). The van der Waals surface area contributed by atoms with Crippen LogP contribution in [0.4, 0.5) is 0 Å². The molecule has 11 heavy (non-hydrogen) atoms. The second-order valence-corrected chi connectivity index (χ2v) is 3.97. The molecule has 0 fully saturated rings. The molecule has 0 aromatic heterocycles.